The molecule has 0 spiro atoms. The predicted octanol–water partition coefficient (Wildman–Crippen LogP) is 1.86. The largest absolute Gasteiger partial charge is 0.450 e. The van der Waals surface area contributed by atoms with Gasteiger partial charge in [-0.15, -0.1) is 0 Å². The Hall–Kier alpha value is -2.63. The number of anilines is 1. The van der Waals surface area contributed by atoms with E-state index in [0.717, 1.165) is 5.56 Å². The molecule has 0 unspecified atom stereocenters. The SMILES string of the molecule is CCOC(=O)Nc1cccc(Cn2ncccc2=O)c1. The number of hydrogen-bond acceptors (Lipinski definition) is 4. The third kappa shape index (κ3) is 3.68. The van der Waals surface area contributed by atoms with Crippen molar-refractivity contribution in [2.75, 3.05) is 11.9 Å². The normalized spacial score (nSPS) is 10.1. The Morgan fingerprint density at radius 1 is 1.35 bits per heavy atom. The van der Waals surface area contributed by atoms with E-state index in [1.165, 1.54) is 10.7 Å². The summed E-state index contributed by atoms with van der Waals surface area (Å²) < 4.78 is 6.16. The minimum Gasteiger partial charge on any atom is -0.450 e. The highest BCUT2D eigenvalue weighted by molar-refractivity contribution is 5.84. The number of ether oxygens (including phenoxy) is 1. The zero-order chi connectivity index (χ0) is 14.4. The van der Waals surface area contributed by atoms with Gasteiger partial charge >= 0.3 is 6.09 Å². The van der Waals surface area contributed by atoms with Gasteiger partial charge in [0.1, 0.15) is 0 Å². The molecule has 6 heteroatoms. The van der Waals surface area contributed by atoms with Crippen LogP contribution in [0.1, 0.15) is 12.5 Å². The molecule has 0 aliphatic rings. The summed E-state index contributed by atoms with van der Waals surface area (Å²) in [5, 5.41) is 6.60. The summed E-state index contributed by atoms with van der Waals surface area (Å²) in [6.45, 7) is 2.40. The Balaban J connectivity index is 2.12. The number of carbonyl (C=O) groups is 1. The Kier molecular flexibility index (Phi) is 4.49. The van der Waals surface area contributed by atoms with Gasteiger partial charge in [0.15, 0.2) is 0 Å². The maximum Gasteiger partial charge on any atom is 0.411 e. The first kappa shape index (κ1) is 13.8. The molecular formula is C14H15N3O3. The second kappa shape index (κ2) is 6.51. The van der Waals surface area contributed by atoms with Gasteiger partial charge in [-0.3, -0.25) is 10.1 Å². The van der Waals surface area contributed by atoms with Crippen LogP contribution in [0.3, 0.4) is 0 Å². The predicted molar refractivity (Wildman–Crippen MR) is 74.7 cm³/mol. The van der Waals surface area contributed by atoms with E-state index in [0.29, 0.717) is 18.8 Å². The first-order valence-corrected chi connectivity index (χ1v) is 6.24. The quantitative estimate of drug-likeness (QED) is 0.922. The standard InChI is InChI=1S/C14H15N3O3/c1-2-20-14(19)16-12-6-3-5-11(9-12)10-17-13(18)7-4-8-15-17/h3-9H,2,10H2,1H3,(H,16,19). The van der Waals surface area contributed by atoms with Crippen LogP contribution in [0.4, 0.5) is 10.5 Å². The van der Waals surface area contributed by atoms with E-state index in [-0.39, 0.29) is 5.56 Å². The highest BCUT2D eigenvalue weighted by Crippen LogP contribution is 2.11. The Morgan fingerprint density at radius 2 is 2.20 bits per heavy atom. The second-order valence-electron chi connectivity index (χ2n) is 4.07. The minimum atomic E-state index is -0.500. The topological polar surface area (TPSA) is 73.2 Å². The molecule has 20 heavy (non-hydrogen) atoms. The van der Waals surface area contributed by atoms with Crippen LogP contribution >= 0.6 is 0 Å². The molecule has 0 saturated carbocycles. The van der Waals surface area contributed by atoms with Crippen molar-refractivity contribution in [3.8, 4) is 0 Å². The molecule has 0 fully saturated rings. The molecule has 0 atom stereocenters. The molecule has 6 nitrogen and oxygen atoms in total. The molecule has 1 aromatic carbocycles. The van der Waals surface area contributed by atoms with Gasteiger partial charge in [-0.1, -0.05) is 12.1 Å². The van der Waals surface area contributed by atoms with E-state index in [2.05, 4.69) is 10.4 Å². The fourth-order valence-corrected chi connectivity index (χ4v) is 1.71. The number of hydrogen-bond donors (Lipinski definition) is 1. The van der Waals surface area contributed by atoms with Crippen molar-refractivity contribution < 1.29 is 9.53 Å². The van der Waals surface area contributed by atoms with Gasteiger partial charge in [-0.05, 0) is 30.7 Å². The minimum absolute atomic E-state index is 0.170. The molecular weight excluding hydrogens is 258 g/mol. The molecule has 0 aliphatic heterocycles. The fourth-order valence-electron chi connectivity index (χ4n) is 1.71. The van der Waals surface area contributed by atoms with E-state index in [4.69, 9.17) is 4.74 Å². The maximum absolute atomic E-state index is 11.6. The van der Waals surface area contributed by atoms with E-state index in [1.807, 2.05) is 6.07 Å². The number of nitrogens with one attached hydrogen (secondary N) is 1. The van der Waals surface area contributed by atoms with Crippen LogP contribution in [0.25, 0.3) is 0 Å². The summed E-state index contributed by atoms with van der Waals surface area (Å²) in [5.74, 6) is 0. The van der Waals surface area contributed by atoms with Crippen molar-refractivity contribution in [2.45, 2.75) is 13.5 Å². The number of benzene rings is 1. The molecule has 0 bridgehead atoms. The van der Waals surface area contributed by atoms with Crippen LogP contribution in [0.5, 0.6) is 0 Å². The Bertz CT molecular complexity index is 652. The first-order valence-electron chi connectivity index (χ1n) is 6.24. The van der Waals surface area contributed by atoms with Crippen molar-refractivity contribution in [3.05, 3.63) is 58.5 Å². The maximum atomic E-state index is 11.6. The molecule has 1 N–H and O–H groups in total. The van der Waals surface area contributed by atoms with Crippen molar-refractivity contribution >= 4 is 11.8 Å². The van der Waals surface area contributed by atoms with Crippen molar-refractivity contribution in [3.63, 3.8) is 0 Å². The fraction of sp³-hybridized carbons (Fsp3) is 0.214. The molecule has 1 aromatic heterocycles. The number of rotatable bonds is 4. The van der Waals surface area contributed by atoms with Gasteiger partial charge in [0.25, 0.3) is 5.56 Å². The molecule has 0 saturated heterocycles. The summed E-state index contributed by atoms with van der Waals surface area (Å²) in [5.41, 5.74) is 1.31. The number of nitrogens with zero attached hydrogens (tertiary/aromatic N) is 2. The third-order valence-corrected chi connectivity index (χ3v) is 2.57. The van der Waals surface area contributed by atoms with Crippen LogP contribution < -0.4 is 10.9 Å². The molecule has 1 amide bonds. The van der Waals surface area contributed by atoms with Gasteiger partial charge in [0, 0.05) is 18.0 Å². The highest BCUT2D eigenvalue weighted by atomic mass is 16.5. The van der Waals surface area contributed by atoms with E-state index in [9.17, 15) is 9.59 Å². The summed E-state index contributed by atoms with van der Waals surface area (Å²) in [4.78, 5) is 22.9. The molecule has 1 heterocycles. The molecule has 0 radical (unpaired) electrons. The van der Waals surface area contributed by atoms with Gasteiger partial charge in [-0.25, -0.2) is 9.48 Å². The van der Waals surface area contributed by atoms with Gasteiger partial charge in [0.2, 0.25) is 0 Å². The van der Waals surface area contributed by atoms with Crippen LogP contribution in [-0.4, -0.2) is 22.5 Å². The molecule has 0 aliphatic carbocycles. The van der Waals surface area contributed by atoms with E-state index < -0.39 is 6.09 Å². The average molecular weight is 273 g/mol. The lowest BCUT2D eigenvalue weighted by Gasteiger charge is -2.08. The second-order valence-corrected chi connectivity index (χ2v) is 4.07. The monoisotopic (exact) mass is 273 g/mol. The lowest BCUT2D eigenvalue weighted by atomic mass is 10.2. The zero-order valence-electron chi connectivity index (χ0n) is 11.1. The Labute approximate surface area is 116 Å². The zero-order valence-corrected chi connectivity index (χ0v) is 11.1. The number of aromatic nitrogens is 2. The molecule has 2 rings (SSSR count). The van der Waals surface area contributed by atoms with Crippen LogP contribution in [0.2, 0.25) is 0 Å². The first-order chi connectivity index (χ1) is 9.69. The number of carbonyl (C=O) groups excluding carboxylic acids is 1. The number of amides is 1. The Morgan fingerprint density at radius 3 is 2.95 bits per heavy atom. The van der Waals surface area contributed by atoms with Crippen molar-refractivity contribution in [2.24, 2.45) is 0 Å². The van der Waals surface area contributed by atoms with Gasteiger partial charge in [0.05, 0.1) is 13.2 Å². The average Bonchev–Trinajstić information content (AvgIpc) is 2.42. The van der Waals surface area contributed by atoms with Gasteiger partial charge in [-0.2, -0.15) is 5.10 Å². The van der Waals surface area contributed by atoms with Crippen LogP contribution in [0.15, 0.2) is 47.4 Å². The van der Waals surface area contributed by atoms with Gasteiger partial charge < -0.3 is 4.74 Å². The van der Waals surface area contributed by atoms with Crippen LogP contribution in [-0.2, 0) is 11.3 Å². The smallest absolute Gasteiger partial charge is 0.411 e. The van der Waals surface area contributed by atoms with Crippen molar-refractivity contribution in [1.82, 2.24) is 9.78 Å². The summed E-state index contributed by atoms with van der Waals surface area (Å²) in [6, 6.07) is 10.2. The summed E-state index contributed by atoms with van der Waals surface area (Å²) in [7, 11) is 0. The summed E-state index contributed by atoms with van der Waals surface area (Å²) >= 11 is 0. The van der Waals surface area contributed by atoms with E-state index >= 15 is 0 Å². The van der Waals surface area contributed by atoms with E-state index in [1.54, 1.807) is 37.4 Å². The van der Waals surface area contributed by atoms with Crippen LogP contribution in [0, 0.1) is 0 Å². The lowest BCUT2D eigenvalue weighted by Crippen LogP contribution is -2.21. The summed E-state index contributed by atoms with van der Waals surface area (Å²) in [6.07, 6.45) is 1.06. The molecule has 104 valence electrons. The molecule has 2 aromatic rings. The highest BCUT2D eigenvalue weighted by Gasteiger charge is 2.03. The lowest BCUT2D eigenvalue weighted by molar-refractivity contribution is 0.168. The van der Waals surface area contributed by atoms with Crippen molar-refractivity contribution in [1.29, 1.82) is 0 Å². The third-order valence-electron chi connectivity index (χ3n) is 2.57.